The quantitative estimate of drug-likeness (QED) is 0.922. The number of nitrogens with one attached hydrogen (secondary N) is 1. The molecule has 1 heterocycles. The summed E-state index contributed by atoms with van der Waals surface area (Å²) in [7, 11) is -3.59. The fourth-order valence-corrected chi connectivity index (χ4v) is 3.29. The van der Waals surface area contributed by atoms with Gasteiger partial charge in [-0.3, -0.25) is 9.40 Å². The first-order chi connectivity index (χ1) is 9.42. The third kappa shape index (κ3) is 3.19. The van der Waals surface area contributed by atoms with E-state index in [0.29, 0.717) is 5.82 Å². The van der Waals surface area contributed by atoms with Gasteiger partial charge in [-0.05, 0) is 31.9 Å². The summed E-state index contributed by atoms with van der Waals surface area (Å²) in [5.41, 5.74) is 1.76. The molecule has 0 saturated carbocycles. The minimum atomic E-state index is -3.59. The number of anilines is 1. The molecule has 0 aliphatic heterocycles. The average molecular weight is 293 g/mol. The van der Waals surface area contributed by atoms with Crippen LogP contribution in [-0.4, -0.2) is 18.2 Å². The number of benzene rings is 1. The molecule has 0 fully saturated rings. The zero-order chi connectivity index (χ0) is 14.8. The molecule has 0 atom stereocenters. The van der Waals surface area contributed by atoms with Crippen LogP contribution in [0, 0.1) is 13.8 Å². The highest BCUT2D eigenvalue weighted by atomic mass is 32.2. The second-order valence-corrected chi connectivity index (χ2v) is 6.49. The van der Waals surface area contributed by atoms with Crippen LogP contribution in [0.15, 0.2) is 35.4 Å². The standard InChI is InChI=1S/C14H19N3O2S/c1-4-8-17-9-7-14(15-17)16-20(18,19)13-6-5-11(2)10-12(13)3/h5-7,9-10H,4,8H2,1-3H3,(H,15,16). The lowest BCUT2D eigenvalue weighted by Gasteiger charge is -2.09. The predicted molar refractivity (Wildman–Crippen MR) is 79.2 cm³/mol. The van der Waals surface area contributed by atoms with Gasteiger partial charge in [0.1, 0.15) is 0 Å². The van der Waals surface area contributed by atoms with E-state index >= 15 is 0 Å². The maximum atomic E-state index is 12.3. The van der Waals surface area contributed by atoms with Crippen molar-refractivity contribution in [3.05, 3.63) is 41.6 Å². The van der Waals surface area contributed by atoms with Crippen molar-refractivity contribution in [2.24, 2.45) is 0 Å². The van der Waals surface area contributed by atoms with Gasteiger partial charge in [0.05, 0.1) is 4.90 Å². The minimum Gasteiger partial charge on any atom is -0.271 e. The Hall–Kier alpha value is -1.82. The zero-order valence-electron chi connectivity index (χ0n) is 11.9. The van der Waals surface area contributed by atoms with Gasteiger partial charge < -0.3 is 0 Å². The zero-order valence-corrected chi connectivity index (χ0v) is 12.7. The lowest BCUT2D eigenvalue weighted by atomic mass is 10.2. The Kier molecular flexibility index (Phi) is 4.13. The lowest BCUT2D eigenvalue weighted by Crippen LogP contribution is -2.15. The Balaban J connectivity index is 2.26. The molecule has 0 aliphatic carbocycles. The SMILES string of the molecule is CCCn1ccc(NS(=O)(=O)c2ccc(C)cc2C)n1. The molecule has 1 aromatic heterocycles. The fraction of sp³-hybridized carbons (Fsp3) is 0.357. The van der Waals surface area contributed by atoms with Crippen molar-refractivity contribution in [2.45, 2.75) is 38.6 Å². The molecule has 0 bridgehead atoms. The molecule has 1 N–H and O–H groups in total. The smallest absolute Gasteiger partial charge is 0.263 e. The van der Waals surface area contributed by atoms with Crippen molar-refractivity contribution >= 4 is 15.8 Å². The largest absolute Gasteiger partial charge is 0.271 e. The molecule has 5 nitrogen and oxygen atoms in total. The summed E-state index contributed by atoms with van der Waals surface area (Å²) >= 11 is 0. The van der Waals surface area contributed by atoms with Gasteiger partial charge in [0, 0.05) is 18.8 Å². The first kappa shape index (κ1) is 14.6. The van der Waals surface area contributed by atoms with E-state index in [2.05, 4.69) is 9.82 Å². The first-order valence-corrected chi connectivity index (χ1v) is 8.04. The number of sulfonamides is 1. The van der Waals surface area contributed by atoms with Crippen LogP contribution in [0.25, 0.3) is 0 Å². The number of hydrogen-bond acceptors (Lipinski definition) is 3. The van der Waals surface area contributed by atoms with E-state index in [9.17, 15) is 8.42 Å². The second kappa shape index (κ2) is 5.66. The van der Waals surface area contributed by atoms with Gasteiger partial charge in [0.15, 0.2) is 5.82 Å². The van der Waals surface area contributed by atoms with Gasteiger partial charge in [-0.1, -0.05) is 24.6 Å². The van der Waals surface area contributed by atoms with Gasteiger partial charge in [-0.15, -0.1) is 0 Å². The van der Waals surface area contributed by atoms with Crippen molar-refractivity contribution in [1.29, 1.82) is 0 Å². The minimum absolute atomic E-state index is 0.285. The molecule has 0 spiro atoms. The third-order valence-corrected chi connectivity index (χ3v) is 4.47. The maximum absolute atomic E-state index is 12.3. The lowest BCUT2D eigenvalue weighted by molar-refractivity contribution is 0.596. The molecular formula is C14H19N3O2S. The van der Waals surface area contributed by atoms with Crippen LogP contribution in [0.5, 0.6) is 0 Å². The number of hydrogen-bond donors (Lipinski definition) is 1. The molecular weight excluding hydrogens is 274 g/mol. The third-order valence-electron chi connectivity index (χ3n) is 2.95. The number of rotatable bonds is 5. The van der Waals surface area contributed by atoms with Crippen molar-refractivity contribution in [3.8, 4) is 0 Å². The van der Waals surface area contributed by atoms with Gasteiger partial charge in [-0.25, -0.2) is 8.42 Å². The van der Waals surface area contributed by atoms with E-state index in [1.54, 1.807) is 36.0 Å². The average Bonchev–Trinajstić information content (AvgIpc) is 2.75. The van der Waals surface area contributed by atoms with Crippen molar-refractivity contribution < 1.29 is 8.42 Å². The van der Waals surface area contributed by atoms with E-state index in [1.165, 1.54) is 0 Å². The molecule has 0 saturated heterocycles. The van der Waals surface area contributed by atoms with Crippen LogP contribution in [0.4, 0.5) is 5.82 Å². The van der Waals surface area contributed by atoms with E-state index in [1.807, 2.05) is 19.9 Å². The van der Waals surface area contributed by atoms with Crippen LogP contribution >= 0.6 is 0 Å². The van der Waals surface area contributed by atoms with E-state index in [0.717, 1.165) is 24.1 Å². The Labute approximate surface area is 119 Å². The van der Waals surface area contributed by atoms with Crippen molar-refractivity contribution in [1.82, 2.24) is 9.78 Å². The van der Waals surface area contributed by atoms with Crippen LogP contribution in [0.1, 0.15) is 24.5 Å². The van der Waals surface area contributed by atoms with Crippen LogP contribution in [-0.2, 0) is 16.6 Å². The van der Waals surface area contributed by atoms with Crippen LogP contribution in [0.2, 0.25) is 0 Å². The molecule has 108 valence electrons. The molecule has 0 aliphatic rings. The number of aryl methyl sites for hydroxylation is 3. The summed E-state index contributed by atoms with van der Waals surface area (Å²) in [5.74, 6) is 0.346. The highest BCUT2D eigenvalue weighted by molar-refractivity contribution is 7.92. The molecule has 0 amide bonds. The monoisotopic (exact) mass is 293 g/mol. The van der Waals surface area contributed by atoms with Gasteiger partial charge in [0.25, 0.3) is 10.0 Å². The second-order valence-electron chi connectivity index (χ2n) is 4.84. The van der Waals surface area contributed by atoms with Crippen LogP contribution in [0.3, 0.4) is 0 Å². The normalized spacial score (nSPS) is 11.6. The molecule has 2 rings (SSSR count). The number of aromatic nitrogens is 2. The molecule has 2 aromatic rings. The molecule has 0 radical (unpaired) electrons. The van der Waals surface area contributed by atoms with E-state index in [4.69, 9.17) is 0 Å². The van der Waals surface area contributed by atoms with Gasteiger partial charge in [0.2, 0.25) is 0 Å². The Morgan fingerprint density at radius 2 is 2.00 bits per heavy atom. The summed E-state index contributed by atoms with van der Waals surface area (Å²) in [6.07, 6.45) is 2.72. The Morgan fingerprint density at radius 1 is 1.25 bits per heavy atom. The van der Waals surface area contributed by atoms with Crippen molar-refractivity contribution in [3.63, 3.8) is 0 Å². The highest BCUT2D eigenvalue weighted by Crippen LogP contribution is 2.19. The molecule has 1 aromatic carbocycles. The summed E-state index contributed by atoms with van der Waals surface area (Å²) in [6.45, 7) is 6.53. The molecule has 6 heteroatoms. The molecule has 20 heavy (non-hydrogen) atoms. The Bertz CT molecular complexity index is 705. The summed E-state index contributed by atoms with van der Waals surface area (Å²) in [6, 6.07) is 6.92. The van der Waals surface area contributed by atoms with Crippen molar-refractivity contribution in [2.75, 3.05) is 4.72 Å². The fourth-order valence-electron chi connectivity index (χ4n) is 2.06. The number of nitrogens with zero attached hydrogens (tertiary/aromatic N) is 2. The van der Waals surface area contributed by atoms with Gasteiger partial charge >= 0.3 is 0 Å². The highest BCUT2D eigenvalue weighted by Gasteiger charge is 2.17. The Morgan fingerprint density at radius 3 is 2.65 bits per heavy atom. The van der Waals surface area contributed by atoms with Gasteiger partial charge in [-0.2, -0.15) is 5.10 Å². The summed E-state index contributed by atoms with van der Waals surface area (Å²) in [5, 5.41) is 4.18. The topological polar surface area (TPSA) is 64.0 Å². The van der Waals surface area contributed by atoms with E-state index in [-0.39, 0.29) is 4.90 Å². The first-order valence-electron chi connectivity index (χ1n) is 6.56. The molecule has 0 unspecified atom stereocenters. The van der Waals surface area contributed by atoms with E-state index < -0.39 is 10.0 Å². The summed E-state index contributed by atoms with van der Waals surface area (Å²) in [4.78, 5) is 0.285. The predicted octanol–water partition coefficient (Wildman–Crippen LogP) is 2.71. The summed E-state index contributed by atoms with van der Waals surface area (Å²) < 4.78 is 28.9. The maximum Gasteiger partial charge on any atom is 0.263 e. The van der Waals surface area contributed by atoms with Crippen LogP contribution < -0.4 is 4.72 Å².